The van der Waals surface area contributed by atoms with Crippen molar-refractivity contribution in [2.24, 2.45) is 5.92 Å². The van der Waals surface area contributed by atoms with E-state index < -0.39 is 5.97 Å². The molecule has 0 aliphatic carbocycles. The van der Waals surface area contributed by atoms with Crippen molar-refractivity contribution in [3.05, 3.63) is 0 Å². The molecule has 1 saturated heterocycles. The quantitative estimate of drug-likeness (QED) is 0.769. The van der Waals surface area contributed by atoms with Gasteiger partial charge in [0.1, 0.15) is 0 Å². The molecule has 1 unspecified atom stereocenters. The molecule has 0 aromatic heterocycles. The molecule has 1 rings (SSSR count). The largest absolute Gasteiger partial charge is 0.481 e. The minimum absolute atomic E-state index is 0.0746. The summed E-state index contributed by atoms with van der Waals surface area (Å²) in [5, 5.41) is 8.62. The molecule has 0 aromatic carbocycles. The first-order valence-corrected chi connectivity index (χ1v) is 7.66. The third-order valence-electron chi connectivity index (χ3n) is 3.16. The molecule has 0 bridgehead atoms. The van der Waals surface area contributed by atoms with E-state index in [0.717, 1.165) is 31.9 Å². The van der Waals surface area contributed by atoms with E-state index in [-0.39, 0.29) is 18.2 Å². The molecule has 1 aliphatic rings. The zero-order valence-electron chi connectivity index (χ0n) is 11.1. The Labute approximate surface area is 113 Å². The van der Waals surface area contributed by atoms with Crippen LogP contribution in [0.2, 0.25) is 0 Å². The third-order valence-corrected chi connectivity index (χ3v) is 4.00. The summed E-state index contributed by atoms with van der Waals surface area (Å²) in [6, 6.07) is 0. The number of carbonyl (C=O) groups excluding carboxylic acids is 1. The molecule has 1 heterocycles. The standard InChI is InChI=1S/C12H22N2O3S/c1-10(9-18-2)12(17)14-7-5-13(6-8-14)4-3-11(15)16/h10H,3-9H2,1-2H3,(H,15,16). The molecule has 5 nitrogen and oxygen atoms in total. The van der Waals surface area contributed by atoms with Gasteiger partial charge < -0.3 is 10.0 Å². The van der Waals surface area contributed by atoms with Gasteiger partial charge in [0.15, 0.2) is 0 Å². The highest BCUT2D eigenvalue weighted by molar-refractivity contribution is 7.98. The van der Waals surface area contributed by atoms with Crippen molar-refractivity contribution in [3.63, 3.8) is 0 Å². The van der Waals surface area contributed by atoms with Crippen LogP contribution in [-0.2, 0) is 9.59 Å². The van der Waals surface area contributed by atoms with Crippen LogP contribution < -0.4 is 0 Å². The molecule has 104 valence electrons. The molecule has 0 saturated carbocycles. The summed E-state index contributed by atoms with van der Waals surface area (Å²) in [6.45, 7) is 5.55. The molecule has 18 heavy (non-hydrogen) atoms. The van der Waals surface area contributed by atoms with Gasteiger partial charge in [0, 0.05) is 44.4 Å². The van der Waals surface area contributed by atoms with Gasteiger partial charge in [-0.2, -0.15) is 11.8 Å². The second-order valence-corrected chi connectivity index (χ2v) is 5.58. The molecular weight excluding hydrogens is 252 g/mol. The number of hydrogen-bond acceptors (Lipinski definition) is 4. The van der Waals surface area contributed by atoms with Gasteiger partial charge in [0.2, 0.25) is 5.91 Å². The molecule has 1 N–H and O–H groups in total. The third kappa shape index (κ3) is 4.86. The Morgan fingerprint density at radius 2 is 1.89 bits per heavy atom. The zero-order valence-corrected chi connectivity index (χ0v) is 11.9. The monoisotopic (exact) mass is 274 g/mol. The van der Waals surface area contributed by atoms with E-state index in [0.29, 0.717) is 6.54 Å². The summed E-state index contributed by atoms with van der Waals surface area (Å²) in [5.41, 5.74) is 0. The SMILES string of the molecule is CSCC(C)C(=O)N1CCN(CCC(=O)O)CC1. The van der Waals surface area contributed by atoms with Crippen molar-refractivity contribution < 1.29 is 14.7 Å². The normalized spacial score (nSPS) is 18.7. The fraction of sp³-hybridized carbons (Fsp3) is 0.833. The van der Waals surface area contributed by atoms with Crippen molar-refractivity contribution in [3.8, 4) is 0 Å². The van der Waals surface area contributed by atoms with E-state index in [1.807, 2.05) is 18.1 Å². The Bertz CT molecular complexity index is 291. The van der Waals surface area contributed by atoms with E-state index in [4.69, 9.17) is 5.11 Å². The number of carboxylic acids is 1. The molecule has 1 amide bonds. The lowest BCUT2D eigenvalue weighted by molar-refractivity contribution is -0.139. The lowest BCUT2D eigenvalue weighted by Crippen LogP contribution is -2.50. The topological polar surface area (TPSA) is 60.9 Å². The van der Waals surface area contributed by atoms with E-state index in [1.165, 1.54) is 0 Å². The maximum Gasteiger partial charge on any atom is 0.304 e. The highest BCUT2D eigenvalue weighted by Gasteiger charge is 2.24. The van der Waals surface area contributed by atoms with Crippen LogP contribution in [0.1, 0.15) is 13.3 Å². The Balaban J connectivity index is 2.30. The van der Waals surface area contributed by atoms with Crippen molar-refractivity contribution >= 4 is 23.6 Å². The molecule has 0 aromatic rings. The molecule has 1 atom stereocenters. The predicted octanol–water partition coefficient (Wildman–Crippen LogP) is 0.604. The van der Waals surface area contributed by atoms with Gasteiger partial charge in [-0.05, 0) is 6.26 Å². The van der Waals surface area contributed by atoms with E-state index in [2.05, 4.69) is 4.90 Å². The van der Waals surface area contributed by atoms with Gasteiger partial charge >= 0.3 is 5.97 Å². The maximum atomic E-state index is 12.1. The lowest BCUT2D eigenvalue weighted by Gasteiger charge is -2.35. The summed E-state index contributed by atoms with van der Waals surface area (Å²) in [7, 11) is 0. The highest BCUT2D eigenvalue weighted by Crippen LogP contribution is 2.11. The number of carboxylic acid groups (broad SMARTS) is 1. The Hall–Kier alpha value is -0.750. The smallest absolute Gasteiger partial charge is 0.304 e. The van der Waals surface area contributed by atoms with Crippen LogP contribution >= 0.6 is 11.8 Å². The fourth-order valence-electron chi connectivity index (χ4n) is 2.08. The van der Waals surface area contributed by atoms with Crippen molar-refractivity contribution in [1.29, 1.82) is 0 Å². The number of piperazine rings is 1. The Morgan fingerprint density at radius 3 is 2.39 bits per heavy atom. The molecule has 1 aliphatic heterocycles. The number of thioether (sulfide) groups is 1. The Morgan fingerprint density at radius 1 is 1.28 bits per heavy atom. The van der Waals surface area contributed by atoms with Gasteiger partial charge in [-0.25, -0.2) is 0 Å². The zero-order chi connectivity index (χ0) is 13.5. The van der Waals surface area contributed by atoms with Crippen molar-refractivity contribution in [2.45, 2.75) is 13.3 Å². The summed E-state index contributed by atoms with van der Waals surface area (Å²) in [5.74, 6) is 0.396. The van der Waals surface area contributed by atoms with Gasteiger partial charge in [-0.15, -0.1) is 0 Å². The molecular formula is C12H22N2O3S. The van der Waals surface area contributed by atoms with Gasteiger partial charge in [-0.1, -0.05) is 6.92 Å². The molecule has 1 fully saturated rings. The van der Waals surface area contributed by atoms with Crippen LogP contribution in [0.4, 0.5) is 0 Å². The first-order chi connectivity index (χ1) is 8.54. The first-order valence-electron chi connectivity index (χ1n) is 6.26. The molecule has 0 spiro atoms. The number of nitrogens with zero attached hydrogens (tertiary/aromatic N) is 2. The van der Waals surface area contributed by atoms with Crippen LogP contribution in [-0.4, -0.2) is 71.5 Å². The van der Waals surface area contributed by atoms with Crippen molar-refractivity contribution in [2.75, 3.05) is 44.7 Å². The van der Waals surface area contributed by atoms with E-state index >= 15 is 0 Å². The Kier molecular flexibility index (Phi) is 6.49. The number of hydrogen-bond donors (Lipinski definition) is 1. The summed E-state index contributed by atoms with van der Waals surface area (Å²) in [4.78, 5) is 26.6. The maximum absolute atomic E-state index is 12.1. The number of rotatable bonds is 6. The van der Waals surface area contributed by atoms with E-state index in [1.54, 1.807) is 11.8 Å². The summed E-state index contributed by atoms with van der Waals surface area (Å²) in [6.07, 6.45) is 2.18. The van der Waals surface area contributed by atoms with Gasteiger partial charge in [0.25, 0.3) is 0 Å². The summed E-state index contributed by atoms with van der Waals surface area (Å²) >= 11 is 1.69. The van der Waals surface area contributed by atoms with Crippen LogP contribution in [0, 0.1) is 5.92 Å². The predicted molar refractivity (Wildman–Crippen MR) is 72.8 cm³/mol. The van der Waals surface area contributed by atoms with Crippen molar-refractivity contribution in [1.82, 2.24) is 9.80 Å². The molecule has 0 radical (unpaired) electrons. The minimum atomic E-state index is -0.762. The number of carbonyl (C=O) groups is 2. The highest BCUT2D eigenvalue weighted by atomic mass is 32.2. The first kappa shape index (κ1) is 15.3. The van der Waals surface area contributed by atoms with Crippen LogP contribution in [0.5, 0.6) is 0 Å². The minimum Gasteiger partial charge on any atom is -0.481 e. The molecule has 6 heteroatoms. The average Bonchev–Trinajstić information content (AvgIpc) is 2.36. The van der Waals surface area contributed by atoms with Crippen LogP contribution in [0.15, 0.2) is 0 Å². The fourth-order valence-corrected chi connectivity index (χ4v) is 2.72. The van der Waals surface area contributed by atoms with Gasteiger partial charge in [0.05, 0.1) is 6.42 Å². The lowest BCUT2D eigenvalue weighted by atomic mass is 10.1. The van der Waals surface area contributed by atoms with Gasteiger partial charge in [-0.3, -0.25) is 14.5 Å². The number of amides is 1. The average molecular weight is 274 g/mol. The summed E-state index contributed by atoms with van der Waals surface area (Å²) < 4.78 is 0. The second-order valence-electron chi connectivity index (χ2n) is 4.67. The second kappa shape index (κ2) is 7.63. The number of aliphatic carboxylic acids is 1. The van der Waals surface area contributed by atoms with Crippen LogP contribution in [0.3, 0.4) is 0 Å². The van der Waals surface area contributed by atoms with Crippen LogP contribution in [0.25, 0.3) is 0 Å². The van der Waals surface area contributed by atoms with E-state index in [9.17, 15) is 9.59 Å².